The lowest BCUT2D eigenvalue weighted by atomic mass is 9.51. The van der Waals surface area contributed by atoms with E-state index in [-0.39, 0.29) is 23.7 Å². The van der Waals surface area contributed by atoms with E-state index in [0.29, 0.717) is 12.1 Å². The van der Waals surface area contributed by atoms with E-state index in [0.717, 1.165) is 29.7 Å². The summed E-state index contributed by atoms with van der Waals surface area (Å²) in [4.78, 5) is 29.8. The van der Waals surface area contributed by atoms with E-state index in [1.165, 1.54) is 4.68 Å². The number of nitriles is 1. The third-order valence-corrected chi connectivity index (χ3v) is 7.06. The van der Waals surface area contributed by atoms with Crippen LogP contribution < -0.4 is 5.32 Å². The largest absolute Gasteiger partial charge is 0.346 e. The molecule has 2 aromatic heterocycles. The van der Waals surface area contributed by atoms with Gasteiger partial charge in [-0.25, -0.2) is 4.79 Å². The van der Waals surface area contributed by atoms with Crippen LogP contribution in [0.2, 0.25) is 0 Å². The molecule has 5 rings (SSSR count). The molecule has 1 aromatic carbocycles. The number of benzene rings is 1. The Labute approximate surface area is 186 Å². The van der Waals surface area contributed by atoms with Gasteiger partial charge in [0.15, 0.2) is 5.78 Å². The molecule has 2 aliphatic rings. The van der Waals surface area contributed by atoms with E-state index in [9.17, 15) is 14.9 Å². The average Bonchev–Trinajstić information content (AvgIpc) is 3.28. The maximum atomic E-state index is 12.9. The number of carbonyl (C=O) groups excluding carboxylic acids is 2. The SMILES string of the molecule is C[C@@H]1C(=O)C(C#N)C[C@@]2(c3ccccc3)c3nn(C(=O)Nc4cccnc4)cc3CCC12. The molecule has 1 N–H and O–H groups in total. The van der Waals surface area contributed by atoms with Crippen molar-refractivity contribution in [2.45, 2.75) is 31.6 Å². The number of hydrogen-bond donors (Lipinski definition) is 1. The molecule has 3 aromatic rings. The van der Waals surface area contributed by atoms with Crippen LogP contribution in [-0.2, 0) is 16.6 Å². The Morgan fingerprint density at radius 1 is 1.25 bits per heavy atom. The molecular weight excluding hydrogens is 402 g/mol. The highest BCUT2D eigenvalue weighted by Gasteiger charge is 2.56. The van der Waals surface area contributed by atoms with Crippen molar-refractivity contribution >= 4 is 17.5 Å². The smallest absolute Gasteiger partial charge is 0.305 e. The van der Waals surface area contributed by atoms with E-state index in [1.807, 2.05) is 37.3 Å². The highest BCUT2D eigenvalue weighted by molar-refractivity contribution is 5.90. The summed E-state index contributed by atoms with van der Waals surface area (Å²) in [6.45, 7) is 1.94. The second-order valence-electron chi connectivity index (χ2n) is 8.68. The van der Waals surface area contributed by atoms with E-state index >= 15 is 0 Å². The van der Waals surface area contributed by atoms with Crippen molar-refractivity contribution in [3.8, 4) is 6.07 Å². The summed E-state index contributed by atoms with van der Waals surface area (Å²) in [6.07, 6.45) is 6.93. The second-order valence-corrected chi connectivity index (χ2v) is 8.68. The van der Waals surface area contributed by atoms with Crippen molar-refractivity contribution in [2.24, 2.45) is 17.8 Å². The number of aryl methyl sites for hydroxylation is 1. The fourth-order valence-corrected chi connectivity index (χ4v) is 5.60. The zero-order valence-electron chi connectivity index (χ0n) is 17.7. The molecule has 2 unspecified atom stereocenters. The van der Waals surface area contributed by atoms with Gasteiger partial charge in [0.05, 0.1) is 23.6 Å². The number of nitrogens with zero attached hydrogens (tertiary/aromatic N) is 4. The van der Waals surface area contributed by atoms with Crippen molar-refractivity contribution in [2.75, 3.05) is 5.32 Å². The van der Waals surface area contributed by atoms with Gasteiger partial charge in [0.1, 0.15) is 5.92 Å². The highest BCUT2D eigenvalue weighted by Crippen LogP contribution is 2.55. The fourth-order valence-electron chi connectivity index (χ4n) is 5.60. The maximum Gasteiger partial charge on any atom is 0.346 e. The van der Waals surface area contributed by atoms with Gasteiger partial charge in [0.2, 0.25) is 0 Å². The number of hydrogen-bond acceptors (Lipinski definition) is 5. The molecular formula is C25H23N5O2. The molecule has 1 amide bonds. The minimum absolute atomic E-state index is 0.0151. The second kappa shape index (κ2) is 7.72. The number of Topliss-reactive ketones (excluding diaryl/α,β-unsaturated/α-hetero) is 1. The highest BCUT2D eigenvalue weighted by atomic mass is 16.2. The monoisotopic (exact) mass is 425 g/mol. The van der Waals surface area contributed by atoms with Crippen LogP contribution in [0.25, 0.3) is 0 Å². The molecule has 1 saturated carbocycles. The van der Waals surface area contributed by atoms with Crippen molar-refractivity contribution < 1.29 is 9.59 Å². The van der Waals surface area contributed by atoms with E-state index in [1.54, 1.807) is 30.7 Å². The molecule has 7 nitrogen and oxygen atoms in total. The summed E-state index contributed by atoms with van der Waals surface area (Å²) in [5.41, 5.74) is 2.85. The predicted octanol–water partition coefficient (Wildman–Crippen LogP) is 3.96. The Balaban J connectivity index is 1.62. The van der Waals surface area contributed by atoms with Gasteiger partial charge in [-0.3, -0.25) is 9.78 Å². The number of aromatic nitrogens is 3. The number of rotatable bonds is 2. The molecule has 0 radical (unpaired) electrons. The van der Waals surface area contributed by atoms with E-state index in [2.05, 4.69) is 16.4 Å². The zero-order valence-corrected chi connectivity index (χ0v) is 17.7. The van der Waals surface area contributed by atoms with Crippen LogP contribution in [-0.4, -0.2) is 26.6 Å². The molecule has 0 aliphatic heterocycles. The number of ketones is 1. The minimum Gasteiger partial charge on any atom is -0.305 e. The Morgan fingerprint density at radius 2 is 2.06 bits per heavy atom. The van der Waals surface area contributed by atoms with Gasteiger partial charge in [-0.05, 0) is 48.4 Å². The Morgan fingerprint density at radius 3 is 2.78 bits per heavy atom. The standard InChI is InChI=1S/C25H23N5O2/c1-16-21-10-9-17-15-30(24(32)28-20-8-5-11-27-14-20)29-23(17)25(21,12-18(13-26)22(16)31)19-6-3-2-4-7-19/h2-8,11,14-16,18,21H,9-10,12H2,1H3,(H,28,32)/t16-,18?,21?,25-/m0/s1. The van der Waals surface area contributed by atoms with Crippen molar-refractivity contribution in [1.82, 2.24) is 14.8 Å². The van der Waals surface area contributed by atoms with Gasteiger partial charge in [-0.15, -0.1) is 0 Å². The molecule has 4 atom stereocenters. The lowest BCUT2D eigenvalue weighted by Crippen LogP contribution is -2.52. The van der Waals surface area contributed by atoms with Gasteiger partial charge in [0, 0.05) is 23.7 Å². The molecule has 32 heavy (non-hydrogen) atoms. The van der Waals surface area contributed by atoms with Gasteiger partial charge in [-0.2, -0.15) is 15.0 Å². The quantitative estimate of drug-likeness (QED) is 0.670. The molecule has 160 valence electrons. The normalized spacial score (nSPS) is 26.5. The van der Waals surface area contributed by atoms with Gasteiger partial charge in [-0.1, -0.05) is 37.3 Å². The van der Waals surface area contributed by atoms with E-state index in [4.69, 9.17) is 5.10 Å². The number of amides is 1. The van der Waals surface area contributed by atoms with Crippen LogP contribution in [0, 0.1) is 29.1 Å². The number of pyridine rings is 1. The van der Waals surface area contributed by atoms with Crippen molar-refractivity contribution in [1.29, 1.82) is 5.26 Å². The number of nitrogens with one attached hydrogen (secondary N) is 1. The van der Waals surface area contributed by atoms with Gasteiger partial charge in [0.25, 0.3) is 0 Å². The first-order valence-corrected chi connectivity index (χ1v) is 10.8. The van der Waals surface area contributed by atoms with Crippen molar-refractivity contribution in [3.63, 3.8) is 0 Å². The lowest BCUT2D eigenvalue weighted by Gasteiger charge is -2.50. The third-order valence-electron chi connectivity index (χ3n) is 7.06. The van der Waals surface area contributed by atoms with Crippen LogP contribution in [0.15, 0.2) is 61.1 Å². The molecule has 0 saturated heterocycles. The molecule has 2 aliphatic carbocycles. The van der Waals surface area contributed by atoms with Crippen LogP contribution in [0.3, 0.4) is 0 Å². The summed E-state index contributed by atoms with van der Waals surface area (Å²) in [5.74, 6) is -0.904. The molecule has 1 fully saturated rings. The average molecular weight is 425 g/mol. The maximum absolute atomic E-state index is 12.9. The first kappa shape index (κ1) is 20.1. The molecule has 2 heterocycles. The zero-order chi connectivity index (χ0) is 22.3. The summed E-state index contributed by atoms with van der Waals surface area (Å²) in [7, 11) is 0. The van der Waals surface area contributed by atoms with E-state index < -0.39 is 11.3 Å². The Bertz CT molecular complexity index is 1210. The van der Waals surface area contributed by atoms with Crippen LogP contribution in [0.5, 0.6) is 0 Å². The molecule has 7 heteroatoms. The summed E-state index contributed by atoms with van der Waals surface area (Å²) in [5, 5.41) is 17.4. The van der Waals surface area contributed by atoms with Crippen molar-refractivity contribution in [3.05, 3.63) is 77.9 Å². The predicted molar refractivity (Wildman–Crippen MR) is 118 cm³/mol. The lowest BCUT2D eigenvalue weighted by molar-refractivity contribution is -0.131. The molecule has 0 bridgehead atoms. The number of anilines is 1. The summed E-state index contributed by atoms with van der Waals surface area (Å²) in [6, 6.07) is 15.4. The first-order chi connectivity index (χ1) is 15.5. The minimum atomic E-state index is -0.693. The number of carbonyl (C=O) groups is 2. The summed E-state index contributed by atoms with van der Waals surface area (Å²) < 4.78 is 1.34. The van der Waals surface area contributed by atoms with Crippen LogP contribution >= 0.6 is 0 Å². The Hall–Kier alpha value is -3.79. The fraction of sp³-hybridized carbons (Fsp3) is 0.320. The van der Waals surface area contributed by atoms with Gasteiger partial charge >= 0.3 is 6.03 Å². The summed E-state index contributed by atoms with van der Waals surface area (Å²) >= 11 is 0. The third kappa shape index (κ3) is 3.02. The number of fused-ring (bicyclic) bond motifs is 3. The van der Waals surface area contributed by atoms with Crippen LogP contribution in [0.1, 0.15) is 36.6 Å². The van der Waals surface area contributed by atoms with Gasteiger partial charge < -0.3 is 5.32 Å². The Kier molecular flexibility index (Phi) is 4.86. The van der Waals surface area contributed by atoms with Crippen LogP contribution in [0.4, 0.5) is 10.5 Å². The molecule has 0 spiro atoms. The topological polar surface area (TPSA) is 101 Å². The first-order valence-electron chi connectivity index (χ1n) is 10.8.